The Balaban J connectivity index is 1.54. The first-order chi connectivity index (χ1) is 8.83. The van der Waals surface area contributed by atoms with Crippen molar-refractivity contribution in [3.63, 3.8) is 0 Å². The Hall–Kier alpha value is -1.12. The van der Waals surface area contributed by atoms with Gasteiger partial charge < -0.3 is 0 Å². The first kappa shape index (κ1) is 11.9. The Labute approximate surface area is 110 Å². The highest BCUT2D eigenvalue weighted by atomic mass is 15.3. The zero-order chi connectivity index (χ0) is 12.4. The van der Waals surface area contributed by atoms with Crippen LogP contribution in [0.2, 0.25) is 0 Å². The highest BCUT2D eigenvalue weighted by Gasteiger charge is 2.36. The van der Waals surface area contributed by atoms with Crippen molar-refractivity contribution in [3.8, 4) is 0 Å². The summed E-state index contributed by atoms with van der Waals surface area (Å²) < 4.78 is 0. The molecule has 2 heteroatoms. The van der Waals surface area contributed by atoms with Gasteiger partial charge in [-0.1, -0.05) is 42.5 Å². The molecule has 0 unspecified atom stereocenters. The maximum absolute atomic E-state index is 2.60. The molecule has 0 N–H and O–H groups in total. The zero-order valence-electron chi connectivity index (χ0n) is 11.1. The molecule has 2 nitrogen and oxygen atoms in total. The number of benzene rings is 1. The van der Waals surface area contributed by atoms with E-state index in [1.807, 2.05) is 0 Å². The Morgan fingerprint density at radius 1 is 1.11 bits per heavy atom. The van der Waals surface area contributed by atoms with Crippen molar-refractivity contribution in [2.24, 2.45) is 0 Å². The van der Waals surface area contributed by atoms with Gasteiger partial charge in [0.05, 0.1) is 0 Å². The standard InChI is InChI=1S/C16H22N2/c1-17-15-9-10-16(17)13-18(12-15)11-5-8-14-6-3-2-4-7-14/h2-8,15-16H,9-13H2,1H3/b8-5+/t15-,16-/m0/s1. The van der Waals surface area contributed by atoms with Crippen LogP contribution in [0.4, 0.5) is 0 Å². The fourth-order valence-electron chi connectivity index (χ4n) is 3.25. The monoisotopic (exact) mass is 242 g/mol. The molecule has 18 heavy (non-hydrogen) atoms. The van der Waals surface area contributed by atoms with Crippen molar-refractivity contribution < 1.29 is 0 Å². The van der Waals surface area contributed by atoms with Gasteiger partial charge in [0, 0.05) is 31.7 Å². The van der Waals surface area contributed by atoms with Crippen LogP contribution >= 0.6 is 0 Å². The summed E-state index contributed by atoms with van der Waals surface area (Å²) in [5, 5.41) is 0. The normalized spacial score (nSPS) is 29.2. The molecular weight excluding hydrogens is 220 g/mol. The van der Waals surface area contributed by atoms with Crippen molar-refractivity contribution in [3.05, 3.63) is 42.0 Å². The number of likely N-dealkylation sites (tertiary alicyclic amines) is 1. The molecule has 2 bridgehead atoms. The van der Waals surface area contributed by atoms with Gasteiger partial charge in [0.2, 0.25) is 0 Å². The lowest BCUT2D eigenvalue weighted by molar-refractivity contribution is 0.0973. The second-order valence-corrected chi connectivity index (χ2v) is 5.58. The quantitative estimate of drug-likeness (QED) is 0.803. The lowest BCUT2D eigenvalue weighted by Crippen LogP contribution is -2.51. The summed E-state index contributed by atoms with van der Waals surface area (Å²) in [6, 6.07) is 12.2. The number of rotatable bonds is 3. The van der Waals surface area contributed by atoms with E-state index in [4.69, 9.17) is 0 Å². The molecule has 0 saturated carbocycles. The van der Waals surface area contributed by atoms with E-state index in [0.29, 0.717) is 0 Å². The van der Waals surface area contributed by atoms with Gasteiger partial charge in [0.25, 0.3) is 0 Å². The van der Waals surface area contributed by atoms with E-state index in [2.05, 4.69) is 59.3 Å². The summed E-state index contributed by atoms with van der Waals surface area (Å²) in [7, 11) is 2.29. The molecule has 0 amide bonds. The van der Waals surface area contributed by atoms with Crippen molar-refractivity contribution in [2.75, 3.05) is 26.7 Å². The topological polar surface area (TPSA) is 6.48 Å². The van der Waals surface area contributed by atoms with Gasteiger partial charge in [0.15, 0.2) is 0 Å². The summed E-state index contributed by atoms with van der Waals surface area (Å²) in [5.74, 6) is 0. The zero-order valence-corrected chi connectivity index (χ0v) is 11.1. The van der Waals surface area contributed by atoms with E-state index in [1.54, 1.807) is 0 Å². The van der Waals surface area contributed by atoms with Gasteiger partial charge in [0.1, 0.15) is 0 Å². The summed E-state index contributed by atoms with van der Waals surface area (Å²) >= 11 is 0. The van der Waals surface area contributed by atoms with Crippen LogP contribution in [-0.4, -0.2) is 48.6 Å². The second kappa shape index (κ2) is 5.25. The molecule has 0 radical (unpaired) electrons. The summed E-state index contributed by atoms with van der Waals surface area (Å²) in [6.45, 7) is 3.58. The summed E-state index contributed by atoms with van der Waals surface area (Å²) in [6.07, 6.45) is 7.32. The second-order valence-electron chi connectivity index (χ2n) is 5.58. The average molecular weight is 242 g/mol. The highest BCUT2D eigenvalue weighted by molar-refractivity contribution is 5.48. The number of likely N-dealkylation sites (N-methyl/N-ethyl adjacent to an activating group) is 1. The Morgan fingerprint density at radius 3 is 2.44 bits per heavy atom. The molecular formula is C16H22N2. The SMILES string of the molecule is CN1[C@H]2CC[C@H]1CN(C/C=C/c1ccccc1)C2. The number of hydrogen-bond acceptors (Lipinski definition) is 2. The van der Waals surface area contributed by atoms with E-state index >= 15 is 0 Å². The van der Waals surface area contributed by atoms with Gasteiger partial charge in [-0.25, -0.2) is 0 Å². The van der Waals surface area contributed by atoms with Gasteiger partial charge in [-0.05, 0) is 25.5 Å². The van der Waals surface area contributed by atoms with E-state index in [1.165, 1.54) is 31.5 Å². The van der Waals surface area contributed by atoms with Crippen molar-refractivity contribution >= 4 is 6.08 Å². The number of fused-ring (bicyclic) bond motifs is 2. The first-order valence-corrected chi connectivity index (χ1v) is 6.99. The lowest BCUT2D eigenvalue weighted by atomic mass is 10.2. The average Bonchev–Trinajstić information content (AvgIpc) is 2.64. The Bertz CT molecular complexity index is 398. The summed E-state index contributed by atoms with van der Waals surface area (Å²) in [5.41, 5.74) is 1.30. The molecule has 2 heterocycles. The van der Waals surface area contributed by atoms with Crippen LogP contribution < -0.4 is 0 Å². The minimum Gasteiger partial charge on any atom is -0.298 e. The molecule has 3 rings (SSSR count). The predicted octanol–water partition coefficient (Wildman–Crippen LogP) is 2.48. The van der Waals surface area contributed by atoms with Crippen LogP contribution in [0, 0.1) is 0 Å². The third-order valence-electron chi connectivity index (χ3n) is 4.40. The van der Waals surface area contributed by atoms with Crippen LogP contribution in [-0.2, 0) is 0 Å². The molecule has 2 saturated heterocycles. The maximum atomic E-state index is 2.60. The van der Waals surface area contributed by atoms with Crippen molar-refractivity contribution in [2.45, 2.75) is 24.9 Å². The van der Waals surface area contributed by atoms with Crippen LogP contribution in [0.1, 0.15) is 18.4 Å². The highest BCUT2D eigenvalue weighted by Crippen LogP contribution is 2.28. The van der Waals surface area contributed by atoms with Gasteiger partial charge in [-0.15, -0.1) is 0 Å². The molecule has 2 atom stereocenters. The van der Waals surface area contributed by atoms with Crippen LogP contribution in [0.5, 0.6) is 0 Å². The number of nitrogens with zero attached hydrogens (tertiary/aromatic N) is 2. The molecule has 1 aromatic rings. The lowest BCUT2D eigenvalue weighted by Gasteiger charge is -2.38. The van der Waals surface area contributed by atoms with E-state index < -0.39 is 0 Å². The van der Waals surface area contributed by atoms with Gasteiger partial charge in [-0.3, -0.25) is 9.80 Å². The predicted molar refractivity (Wildman–Crippen MR) is 76.5 cm³/mol. The molecule has 1 aromatic carbocycles. The molecule has 0 spiro atoms. The summed E-state index contributed by atoms with van der Waals surface area (Å²) in [4.78, 5) is 5.18. The molecule has 2 fully saturated rings. The van der Waals surface area contributed by atoms with E-state index in [9.17, 15) is 0 Å². The molecule has 0 aromatic heterocycles. The number of piperazine rings is 1. The van der Waals surface area contributed by atoms with Gasteiger partial charge >= 0.3 is 0 Å². The smallest absolute Gasteiger partial charge is 0.0224 e. The largest absolute Gasteiger partial charge is 0.298 e. The van der Waals surface area contributed by atoms with E-state index in [-0.39, 0.29) is 0 Å². The maximum Gasteiger partial charge on any atom is 0.0224 e. The third-order valence-corrected chi connectivity index (χ3v) is 4.40. The van der Waals surface area contributed by atoms with Gasteiger partial charge in [-0.2, -0.15) is 0 Å². The molecule has 0 aliphatic carbocycles. The minimum atomic E-state index is 0.800. The van der Waals surface area contributed by atoms with Crippen molar-refractivity contribution in [1.29, 1.82) is 0 Å². The van der Waals surface area contributed by atoms with Crippen LogP contribution in [0.25, 0.3) is 6.08 Å². The molecule has 96 valence electrons. The van der Waals surface area contributed by atoms with Crippen LogP contribution in [0.15, 0.2) is 36.4 Å². The Kier molecular flexibility index (Phi) is 3.48. The van der Waals surface area contributed by atoms with Crippen molar-refractivity contribution in [1.82, 2.24) is 9.80 Å². The van der Waals surface area contributed by atoms with E-state index in [0.717, 1.165) is 18.6 Å². The molecule has 2 aliphatic rings. The minimum absolute atomic E-state index is 0.800. The fourth-order valence-corrected chi connectivity index (χ4v) is 3.25. The Morgan fingerprint density at radius 2 is 1.78 bits per heavy atom. The fraction of sp³-hybridized carbons (Fsp3) is 0.500. The first-order valence-electron chi connectivity index (χ1n) is 6.99. The molecule has 2 aliphatic heterocycles. The van der Waals surface area contributed by atoms with Crippen LogP contribution in [0.3, 0.4) is 0 Å². The third kappa shape index (κ3) is 2.50. The number of hydrogen-bond donors (Lipinski definition) is 0.